The molecule has 0 unspecified atom stereocenters. The number of aromatic nitrogens is 2. The molecule has 0 aliphatic heterocycles. The SMILES string of the molecule is Cc1n[nH]c(C)c1NC(=O)CCNC(=O)C(C)(C)C. The number of aryl methyl sites for hydroxylation is 2. The van der Waals surface area contributed by atoms with Gasteiger partial charge in [-0.25, -0.2) is 0 Å². The number of rotatable bonds is 4. The van der Waals surface area contributed by atoms with Gasteiger partial charge in [-0.3, -0.25) is 14.7 Å². The Labute approximate surface area is 113 Å². The van der Waals surface area contributed by atoms with Gasteiger partial charge >= 0.3 is 0 Å². The molecule has 3 N–H and O–H groups in total. The zero-order valence-electron chi connectivity index (χ0n) is 12.2. The summed E-state index contributed by atoms with van der Waals surface area (Å²) in [7, 11) is 0. The van der Waals surface area contributed by atoms with Crippen molar-refractivity contribution in [2.45, 2.75) is 41.0 Å². The molecule has 6 heteroatoms. The normalized spacial score (nSPS) is 11.2. The Morgan fingerprint density at radius 1 is 1.26 bits per heavy atom. The van der Waals surface area contributed by atoms with Crippen LogP contribution in [0.3, 0.4) is 0 Å². The minimum Gasteiger partial charge on any atom is -0.355 e. The molecule has 0 atom stereocenters. The second-order valence-corrected chi connectivity index (χ2v) is 5.61. The molecule has 1 aromatic rings. The first-order chi connectivity index (χ1) is 8.71. The monoisotopic (exact) mass is 266 g/mol. The van der Waals surface area contributed by atoms with Crippen molar-refractivity contribution >= 4 is 17.5 Å². The van der Waals surface area contributed by atoms with Gasteiger partial charge in [0.2, 0.25) is 11.8 Å². The van der Waals surface area contributed by atoms with Gasteiger partial charge in [0.05, 0.1) is 17.1 Å². The summed E-state index contributed by atoms with van der Waals surface area (Å²) in [6.45, 7) is 9.50. The fourth-order valence-electron chi connectivity index (χ4n) is 1.49. The molecular weight excluding hydrogens is 244 g/mol. The highest BCUT2D eigenvalue weighted by Gasteiger charge is 2.20. The Morgan fingerprint density at radius 3 is 2.37 bits per heavy atom. The van der Waals surface area contributed by atoms with E-state index in [2.05, 4.69) is 20.8 Å². The lowest BCUT2D eigenvalue weighted by Crippen LogP contribution is -2.36. The molecule has 0 saturated heterocycles. The lowest BCUT2D eigenvalue weighted by Gasteiger charge is -2.17. The number of carbonyl (C=O) groups excluding carboxylic acids is 2. The topological polar surface area (TPSA) is 86.9 Å². The van der Waals surface area contributed by atoms with Crippen LogP contribution >= 0.6 is 0 Å². The van der Waals surface area contributed by atoms with Gasteiger partial charge in [-0.05, 0) is 13.8 Å². The molecular formula is C13H22N4O2. The van der Waals surface area contributed by atoms with Crippen LogP contribution in [0.25, 0.3) is 0 Å². The van der Waals surface area contributed by atoms with Crippen LogP contribution in [-0.4, -0.2) is 28.6 Å². The van der Waals surface area contributed by atoms with Crippen molar-refractivity contribution in [2.75, 3.05) is 11.9 Å². The molecule has 0 fully saturated rings. The summed E-state index contributed by atoms with van der Waals surface area (Å²) < 4.78 is 0. The number of hydrogen-bond acceptors (Lipinski definition) is 3. The molecule has 0 saturated carbocycles. The fraction of sp³-hybridized carbons (Fsp3) is 0.615. The average molecular weight is 266 g/mol. The van der Waals surface area contributed by atoms with Crippen LogP contribution in [0.4, 0.5) is 5.69 Å². The highest BCUT2D eigenvalue weighted by molar-refractivity contribution is 5.92. The van der Waals surface area contributed by atoms with Crippen LogP contribution in [0.15, 0.2) is 0 Å². The summed E-state index contributed by atoms with van der Waals surface area (Å²) in [6, 6.07) is 0. The van der Waals surface area contributed by atoms with E-state index in [0.29, 0.717) is 12.2 Å². The highest BCUT2D eigenvalue weighted by Crippen LogP contribution is 2.16. The summed E-state index contributed by atoms with van der Waals surface area (Å²) in [6.07, 6.45) is 0.242. The van der Waals surface area contributed by atoms with Crippen molar-refractivity contribution in [2.24, 2.45) is 5.41 Å². The van der Waals surface area contributed by atoms with E-state index in [1.54, 1.807) is 0 Å². The summed E-state index contributed by atoms with van der Waals surface area (Å²) in [5, 5.41) is 12.3. The van der Waals surface area contributed by atoms with Gasteiger partial charge in [0, 0.05) is 18.4 Å². The number of nitrogens with zero attached hydrogens (tertiary/aromatic N) is 1. The van der Waals surface area contributed by atoms with Crippen molar-refractivity contribution in [1.29, 1.82) is 0 Å². The number of anilines is 1. The van der Waals surface area contributed by atoms with Crippen LogP contribution in [-0.2, 0) is 9.59 Å². The van der Waals surface area contributed by atoms with E-state index in [-0.39, 0.29) is 18.2 Å². The molecule has 0 radical (unpaired) electrons. The minimum absolute atomic E-state index is 0.0593. The van der Waals surface area contributed by atoms with Gasteiger partial charge in [-0.1, -0.05) is 20.8 Å². The summed E-state index contributed by atoms with van der Waals surface area (Å²) in [5.41, 5.74) is 1.86. The molecule has 1 heterocycles. The second kappa shape index (κ2) is 5.86. The molecule has 0 aromatic carbocycles. The maximum atomic E-state index is 11.7. The third kappa shape index (κ3) is 4.39. The van der Waals surface area contributed by atoms with Gasteiger partial charge in [-0.2, -0.15) is 5.10 Å². The van der Waals surface area contributed by atoms with Gasteiger partial charge in [0.25, 0.3) is 0 Å². The Hall–Kier alpha value is -1.85. The van der Waals surface area contributed by atoms with Crippen molar-refractivity contribution in [3.05, 3.63) is 11.4 Å². The van der Waals surface area contributed by atoms with Gasteiger partial charge in [-0.15, -0.1) is 0 Å². The van der Waals surface area contributed by atoms with Crippen LogP contribution in [0.2, 0.25) is 0 Å². The Morgan fingerprint density at radius 2 is 1.89 bits per heavy atom. The molecule has 0 bridgehead atoms. The first kappa shape index (κ1) is 15.2. The smallest absolute Gasteiger partial charge is 0.226 e. The third-order valence-corrected chi connectivity index (χ3v) is 2.71. The molecule has 0 spiro atoms. The Kier molecular flexibility index (Phi) is 4.69. The van der Waals surface area contributed by atoms with Gasteiger partial charge in [0.1, 0.15) is 0 Å². The fourth-order valence-corrected chi connectivity index (χ4v) is 1.49. The zero-order valence-corrected chi connectivity index (χ0v) is 12.2. The molecule has 6 nitrogen and oxygen atoms in total. The molecule has 1 rings (SSSR count). The molecule has 19 heavy (non-hydrogen) atoms. The van der Waals surface area contributed by atoms with Gasteiger partial charge < -0.3 is 10.6 Å². The molecule has 2 amide bonds. The van der Waals surface area contributed by atoms with E-state index < -0.39 is 5.41 Å². The van der Waals surface area contributed by atoms with E-state index in [4.69, 9.17) is 0 Å². The molecule has 1 aromatic heterocycles. The van der Waals surface area contributed by atoms with Crippen LogP contribution in [0, 0.1) is 19.3 Å². The number of carbonyl (C=O) groups is 2. The van der Waals surface area contributed by atoms with Crippen molar-refractivity contribution in [3.63, 3.8) is 0 Å². The standard InChI is InChI=1S/C13H22N4O2/c1-8-11(9(2)17-16-8)15-10(18)6-7-14-12(19)13(3,4)5/h6-7H2,1-5H3,(H,14,19)(H,15,18)(H,16,17). The van der Waals surface area contributed by atoms with E-state index in [1.807, 2.05) is 34.6 Å². The van der Waals surface area contributed by atoms with E-state index in [1.165, 1.54) is 0 Å². The predicted molar refractivity (Wildman–Crippen MR) is 73.8 cm³/mol. The average Bonchev–Trinajstić information content (AvgIpc) is 2.59. The Bertz CT molecular complexity index is 452. The van der Waals surface area contributed by atoms with E-state index >= 15 is 0 Å². The maximum Gasteiger partial charge on any atom is 0.226 e. The number of amides is 2. The van der Waals surface area contributed by atoms with Crippen molar-refractivity contribution in [1.82, 2.24) is 15.5 Å². The summed E-state index contributed by atoms with van der Waals surface area (Å²) >= 11 is 0. The van der Waals surface area contributed by atoms with Crippen LogP contribution in [0.5, 0.6) is 0 Å². The Balaban J connectivity index is 2.39. The minimum atomic E-state index is -0.436. The van der Waals surface area contributed by atoms with E-state index in [9.17, 15) is 9.59 Å². The highest BCUT2D eigenvalue weighted by atomic mass is 16.2. The van der Waals surface area contributed by atoms with Crippen LogP contribution in [0.1, 0.15) is 38.6 Å². The maximum absolute atomic E-state index is 11.7. The number of H-pyrrole nitrogens is 1. The second-order valence-electron chi connectivity index (χ2n) is 5.61. The van der Waals surface area contributed by atoms with Crippen LogP contribution < -0.4 is 10.6 Å². The molecule has 0 aliphatic rings. The molecule has 0 aliphatic carbocycles. The predicted octanol–water partition coefficient (Wildman–Crippen LogP) is 1.52. The van der Waals surface area contributed by atoms with Crippen molar-refractivity contribution in [3.8, 4) is 0 Å². The first-order valence-electron chi connectivity index (χ1n) is 6.31. The van der Waals surface area contributed by atoms with Crippen molar-refractivity contribution < 1.29 is 9.59 Å². The zero-order chi connectivity index (χ0) is 14.6. The third-order valence-electron chi connectivity index (χ3n) is 2.71. The van der Waals surface area contributed by atoms with E-state index in [0.717, 1.165) is 11.4 Å². The number of nitrogens with one attached hydrogen (secondary N) is 3. The largest absolute Gasteiger partial charge is 0.355 e. The van der Waals surface area contributed by atoms with Gasteiger partial charge in [0.15, 0.2) is 0 Å². The summed E-state index contributed by atoms with van der Waals surface area (Å²) in [5.74, 6) is -0.196. The lowest BCUT2D eigenvalue weighted by atomic mass is 9.96. The number of hydrogen-bond donors (Lipinski definition) is 3. The first-order valence-corrected chi connectivity index (χ1v) is 6.31. The lowest BCUT2D eigenvalue weighted by molar-refractivity contribution is -0.128. The number of aromatic amines is 1. The quantitative estimate of drug-likeness (QED) is 0.772. The summed E-state index contributed by atoms with van der Waals surface area (Å²) in [4.78, 5) is 23.4. The molecule has 106 valence electrons.